The zero-order valence-corrected chi connectivity index (χ0v) is 11.3. The van der Waals surface area contributed by atoms with Gasteiger partial charge in [0.1, 0.15) is 5.82 Å². The molecule has 1 amide bonds. The average Bonchev–Trinajstić information content (AvgIpc) is 2.42. The first kappa shape index (κ1) is 14.0. The van der Waals surface area contributed by atoms with Crippen LogP contribution in [0.25, 0.3) is 0 Å². The lowest BCUT2D eigenvalue weighted by molar-refractivity contribution is -0.117. The summed E-state index contributed by atoms with van der Waals surface area (Å²) >= 11 is 0. The number of anilines is 1. The summed E-state index contributed by atoms with van der Waals surface area (Å²) in [5.41, 5.74) is 0.662. The minimum Gasteiger partial charge on any atom is -0.326 e. The monoisotopic (exact) mass is 264 g/mol. The van der Waals surface area contributed by atoms with Crippen molar-refractivity contribution in [2.75, 3.05) is 12.4 Å². The van der Waals surface area contributed by atoms with Crippen LogP contribution in [0, 0.1) is 11.7 Å². The van der Waals surface area contributed by atoms with Crippen LogP contribution in [-0.2, 0) is 4.79 Å². The predicted molar refractivity (Wildman–Crippen MR) is 74.5 cm³/mol. The Labute approximate surface area is 113 Å². The van der Waals surface area contributed by atoms with Gasteiger partial charge in [-0.1, -0.05) is 0 Å². The van der Waals surface area contributed by atoms with Gasteiger partial charge in [-0.05, 0) is 62.9 Å². The lowest BCUT2D eigenvalue weighted by Crippen LogP contribution is -2.31. The normalized spacial score (nSPS) is 23.1. The molecule has 104 valence electrons. The average molecular weight is 264 g/mol. The highest BCUT2D eigenvalue weighted by Gasteiger charge is 2.21. The van der Waals surface area contributed by atoms with E-state index in [1.807, 2.05) is 7.05 Å². The van der Waals surface area contributed by atoms with E-state index >= 15 is 0 Å². The minimum absolute atomic E-state index is 0.0273. The topological polar surface area (TPSA) is 41.1 Å². The van der Waals surface area contributed by atoms with Crippen LogP contribution in [0.4, 0.5) is 10.1 Å². The number of halogens is 1. The SMILES string of the molecule is CNC1CCC(CC(=O)Nc2ccc(F)cc2)CC1. The van der Waals surface area contributed by atoms with Gasteiger partial charge in [-0.3, -0.25) is 4.79 Å². The Kier molecular flexibility index (Phi) is 4.91. The number of hydrogen-bond donors (Lipinski definition) is 2. The van der Waals surface area contributed by atoms with Gasteiger partial charge < -0.3 is 10.6 Å². The fourth-order valence-corrected chi connectivity index (χ4v) is 2.66. The third-order valence-corrected chi connectivity index (χ3v) is 3.86. The highest BCUT2D eigenvalue weighted by atomic mass is 19.1. The molecule has 0 aromatic heterocycles. The van der Waals surface area contributed by atoms with E-state index in [2.05, 4.69) is 10.6 Å². The standard InChI is InChI=1S/C15H21FN2O/c1-17-13-6-2-11(3-7-13)10-15(19)18-14-8-4-12(16)5-9-14/h4-5,8-9,11,13,17H,2-3,6-7,10H2,1H3,(H,18,19). The maximum Gasteiger partial charge on any atom is 0.224 e. The third-order valence-electron chi connectivity index (χ3n) is 3.86. The van der Waals surface area contributed by atoms with E-state index in [1.165, 1.54) is 12.1 Å². The van der Waals surface area contributed by atoms with Crippen molar-refractivity contribution in [3.63, 3.8) is 0 Å². The van der Waals surface area contributed by atoms with Crippen LogP contribution < -0.4 is 10.6 Å². The molecule has 0 spiro atoms. The Morgan fingerprint density at radius 1 is 1.21 bits per heavy atom. The first-order valence-electron chi connectivity index (χ1n) is 6.90. The number of nitrogens with one attached hydrogen (secondary N) is 2. The molecule has 0 atom stereocenters. The van der Waals surface area contributed by atoms with Crippen molar-refractivity contribution in [3.05, 3.63) is 30.1 Å². The second-order valence-electron chi connectivity index (χ2n) is 5.27. The summed E-state index contributed by atoms with van der Waals surface area (Å²) in [5.74, 6) is 0.216. The number of rotatable bonds is 4. The van der Waals surface area contributed by atoms with E-state index in [-0.39, 0.29) is 11.7 Å². The van der Waals surface area contributed by atoms with E-state index in [4.69, 9.17) is 0 Å². The van der Waals surface area contributed by atoms with Crippen LogP contribution in [0.15, 0.2) is 24.3 Å². The van der Waals surface area contributed by atoms with Gasteiger partial charge in [-0.2, -0.15) is 0 Å². The fourth-order valence-electron chi connectivity index (χ4n) is 2.66. The first-order chi connectivity index (χ1) is 9.17. The minimum atomic E-state index is -0.289. The van der Waals surface area contributed by atoms with Crippen molar-refractivity contribution < 1.29 is 9.18 Å². The number of carbonyl (C=O) groups excluding carboxylic acids is 1. The van der Waals surface area contributed by atoms with Crippen molar-refractivity contribution in [2.24, 2.45) is 5.92 Å². The Morgan fingerprint density at radius 2 is 1.84 bits per heavy atom. The molecule has 1 fully saturated rings. The van der Waals surface area contributed by atoms with Crippen LogP contribution in [0.1, 0.15) is 32.1 Å². The first-order valence-corrected chi connectivity index (χ1v) is 6.90. The van der Waals surface area contributed by atoms with Crippen molar-refractivity contribution in [3.8, 4) is 0 Å². The van der Waals surface area contributed by atoms with Crippen molar-refractivity contribution in [1.82, 2.24) is 5.32 Å². The summed E-state index contributed by atoms with van der Waals surface area (Å²) in [7, 11) is 1.99. The molecule has 2 rings (SSSR count). The third kappa shape index (κ3) is 4.31. The Hall–Kier alpha value is -1.42. The Bertz CT molecular complexity index is 411. The van der Waals surface area contributed by atoms with Gasteiger partial charge in [0.15, 0.2) is 0 Å². The molecule has 1 aliphatic carbocycles. The smallest absolute Gasteiger partial charge is 0.224 e. The summed E-state index contributed by atoms with van der Waals surface area (Å²) in [6.07, 6.45) is 5.05. The Morgan fingerprint density at radius 3 is 2.42 bits per heavy atom. The van der Waals surface area contributed by atoms with E-state index in [9.17, 15) is 9.18 Å². The van der Waals surface area contributed by atoms with Crippen LogP contribution >= 0.6 is 0 Å². The Balaban J connectivity index is 1.77. The van der Waals surface area contributed by atoms with Crippen LogP contribution in [-0.4, -0.2) is 19.0 Å². The molecular formula is C15H21FN2O. The lowest BCUT2D eigenvalue weighted by atomic mass is 9.84. The summed E-state index contributed by atoms with van der Waals surface area (Å²) in [4.78, 5) is 11.9. The molecule has 0 heterocycles. The molecule has 0 saturated heterocycles. The maximum absolute atomic E-state index is 12.7. The van der Waals surface area contributed by atoms with Gasteiger partial charge in [-0.15, -0.1) is 0 Å². The highest BCUT2D eigenvalue weighted by Crippen LogP contribution is 2.27. The largest absolute Gasteiger partial charge is 0.326 e. The van der Waals surface area contributed by atoms with Gasteiger partial charge in [0.05, 0.1) is 0 Å². The van der Waals surface area contributed by atoms with Gasteiger partial charge in [0, 0.05) is 18.2 Å². The van der Waals surface area contributed by atoms with Crippen molar-refractivity contribution in [2.45, 2.75) is 38.1 Å². The molecule has 1 aromatic rings. The van der Waals surface area contributed by atoms with Crippen LogP contribution in [0.3, 0.4) is 0 Å². The van der Waals surface area contributed by atoms with Gasteiger partial charge in [-0.25, -0.2) is 4.39 Å². The van der Waals surface area contributed by atoms with Crippen LogP contribution in [0.2, 0.25) is 0 Å². The number of hydrogen-bond acceptors (Lipinski definition) is 2. The van der Waals surface area contributed by atoms with Gasteiger partial charge >= 0.3 is 0 Å². The zero-order valence-electron chi connectivity index (χ0n) is 11.3. The predicted octanol–water partition coefficient (Wildman–Crippen LogP) is 2.93. The van der Waals surface area contributed by atoms with E-state index in [0.717, 1.165) is 25.7 Å². The molecule has 1 saturated carbocycles. The van der Waals surface area contributed by atoms with Crippen molar-refractivity contribution >= 4 is 11.6 Å². The summed E-state index contributed by atoms with van der Waals surface area (Å²) in [6, 6.07) is 6.49. The van der Waals surface area contributed by atoms with Crippen molar-refractivity contribution in [1.29, 1.82) is 0 Å². The van der Waals surface area contributed by atoms with E-state index < -0.39 is 0 Å². The molecule has 3 nitrogen and oxygen atoms in total. The number of amides is 1. The molecule has 19 heavy (non-hydrogen) atoms. The second kappa shape index (κ2) is 6.66. The van der Waals surface area contributed by atoms with Gasteiger partial charge in [0.25, 0.3) is 0 Å². The molecule has 1 aromatic carbocycles. The molecule has 0 unspecified atom stereocenters. The quantitative estimate of drug-likeness (QED) is 0.878. The fraction of sp³-hybridized carbons (Fsp3) is 0.533. The number of carbonyl (C=O) groups is 1. The summed E-state index contributed by atoms with van der Waals surface area (Å²) in [5, 5.41) is 6.11. The highest BCUT2D eigenvalue weighted by molar-refractivity contribution is 5.90. The molecule has 0 aliphatic heterocycles. The van der Waals surface area contributed by atoms with Crippen LogP contribution in [0.5, 0.6) is 0 Å². The molecular weight excluding hydrogens is 243 g/mol. The summed E-state index contributed by atoms with van der Waals surface area (Å²) < 4.78 is 12.7. The molecule has 0 radical (unpaired) electrons. The van der Waals surface area contributed by atoms with E-state index in [0.29, 0.717) is 24.1 Å². The summed E-state index contributed by atoms with van der Waals surface area (Å²) in [6.45, 7) is 0. The van der Waals surface area contributed by atoms with Gasteiger partial charge in [0.2, 0.25) is 5.91 Å². The maximum atomic E-state index is 12.7. The molecule has 4 heteroatoms. The molecule has 1 aliphatic rings. The number of benzene rings is 1. The molecule has 2 N–H and O–H groups in total. The zero-order chi connectivity index (χ0) is 13.7. The lowest BCUT2D eigenvalue weighted by Gasteiger charge is -2.27. The molecule has 0 bridgehead atoms. The van der Waals surface area contributed by atoms with E-state index in [1.54, 1.807) is 12.1 Å². The second-order valence-corrected chi connectivity index (χ2v) is 5.27.